The summed E-state index contributed by atoms with van der Waals surface area (Å²) < 4.78 is 41.9. The fourth-order valence-electron chi connectivity index (χ4n) is 1.26. The van der Waals surface area contributed by atoms with Gasteiger partial charge in [-0.25, -0.2) is 4.79 Å². The molecule has 0 unspecified atom stereocenters. The fourth-order valence-corrected chi connectivity index (χ4v) is 1.26. The predicted octanol–water partition coefficient (Wildman–Crippen LogP) is 1.98. The van der Waals surface area contributed by atoms with Crippen LogP contribution >= 0.6 is 0 Å². The number of carbonyl (C=O) groups excluding carboxylic acids is 1. The second-order valence-electron chi connectivity index (χ2n) is 3.36. The Hall–Kier alpha value is -2.45. The Morgan fingerprint density at radius 2 is 2.11 bits per heavy atom. The van der Waals surface area contributed by atoms with Gasteiger partial charge in [-0.3, -0.25) is 5.32 Å². The molecule has 104 valence electrons. The molecule has 0 aliphatic rings. The van der Waals surface area contributed by atoms with Gasteiger partial charge < -0.3 is 15.7 Å². The zero-order valence-electron chi connectivity index (χ0n) is 9.65. The van der Waals surface area contributed by atoms with Crippen molar-refractivity contribution in [1.82, 2.24) is 0 Å². The van der Waals surface area contributed by atoms with E-state index in [4.69, 9.17) is 10.9 Å². The van der Waals surface area contributed by atoms with Crippen LogP contribution in [0.1, 0.15) is 11.1 Å². The summed E-state index contributed by atoms with van der Waals surface area (Å²) >= 11 is 0. The quantitative estimate of drug-likeness (QED) is 0.333. The van der Waals surface area contributed by atoms with Crippen LogP contribution in [0.5, 0.6) is 0 Å². The monoisotopic (exact) mass is 277 g/mol. The highest BCUT2D eigenvalue weighted by molar-refractivity contribution is 6.04. The molecule has 19 heavy (non-hydrogen) atoms. The third-order valence-electron chi connectivity index (χ3n) is 2.15. The number of benzene rings is 1. The van der Waals surface area contributed by atoms with Crippen molar-refractivity contribution in [2.24, 2.45) is 10.9 Å². The van der Waals surface area contributed by atoms with Gasteiger partial charge in [-0.2, -0.15) is 13.2 Å². The van der Waals surface area contributed by atoms with Gasteiger partial charge in [-0.1, -0.05) is 5.16 Å². The van der Waals surface area contributed by atoms with Gasteiger partial charge in [0.25, 0.3) is 0 Å². The van der Waals surface area contributed by atoms with E-state index in [9.17, 15) is 18.0 Å². The number of alkyl halides is 3. The van der Waals surface area contributed by atoms with Crippen molar-refractivity contribution in [1.29, 1.82) is 0 Å². The summed E-state index contributed by atoms with van der Waals surface area (Å²) in [6.45, 7) is 0. The Kier molecular flexibility index (Phi) is 4.20. The SMILES string of the molecule is COC(=O)Nc1ccc(C(F)(F)F)cc1/C(N)=N/O. The van der Waals surface area contributed by atoms with E-state index in [2.05, 4.69) is 15.2 Å². The Labute approximate surface area is 105 Å². The average Bonchev–Trinajstić information content (AvgIpc) is 2.36. The second kappa shape index (κ2) is 5.46. The Bertz CT molecular complexity index is 514. The molecule has 0 atom stereocenters. The van der Waals surface area contributed by atoms with Crippen LogP contribution in [0, 0.1) is 0 Å². The summed E-state index contributed by atoms with van der Waals surface area (Å²) in [6.07, 6.45) is -5.49. The standard InChI is InChI=1S/C10H10F3N3O3/c1-19-9(17)15-7-3-2-5(10(11,12)13)4-6(7)8(14)16-18/h2-4,18H,1H3,(H2,14,16)(H,15,17). The molecule has 1 amide bonds. The molecular formula is C10H10F3N3O3. The number of hydrogen-bond donors (Lipinski definition) is 3. The zero-order chi connectivity index (χ0) is 14.6. The van der Waals surface area contributed by atoms with E-state index in [-0.39, 0.29) is 11.3 Å². The first-order valence-corrected chi connectivity index (χ1v) is 4.83. The number of methoxy groups -OCH3 is 1. The van der Waals surface area contributed by atoms with Crippen LogP contribution in [-0.2, 0) is 10.9 Å². The molecule has 0 spiro atoms. The molecular weight excluding hydrogens is 267 g/mol. The number of anilines is 1. The number of nitrogens with zero attached hydrogens (tertiary/aromatic N) is 1. The summed E-state index contributed by atoms with van der Waals surface area (Å²) in [5.74, 6) is -0.572. The number of amides is 1. The van der Waals surface area contributed by atoms with E-state index in [1.165, 1.54) is 0 Å². The molecule has 0 aromatic heterocycles. The van der Waals surface area contributed by atoms with E-state index in [0.29, 0.717) is 6.07 Å². The van der Waals surface area contributed by atoms with Crippen LogP contribution in [0.25, 0.3) is 0 Å². The van der Waals surface area contributed by atoms with E-state index < -0.39 is 23.7 Å². The van der Waals surface area contributed by atoms with Gasteiger partial charge >= 0.3 is 12.3 Å². The molecule has 0 aliphatic heterocycles. The number of nitrogens with one attached hydrogen (secondary N) is 1. The molecule has 1 rings (SSSR count). The first-order chi connectivity index (χ1) is 8.79. The number of halogens is 3. The van der Waals surface area contributed by atoms with Gasteiger partial charge in [-0.05, 0) is 18.2 Å². The van der Waals surface area contributed by atoms with Crippen LogP contribution < -0.4 is 11.1 Å². The van der Waals surface area contributed by atoms with Crippen molar-refractivity contribution in [3.05, 3.63) is 29.3 Å². The van der Waals surface area contributed by atoms with E-state index in [0.717, 1.165) is 19.2 Å². The summed E-state index contributed by atoms with van der Waals surface area (Å²) in [4.78, 5) is 11.0. The van der Waals surface area contributed by atoms with Gasteiger partial charge in [0.05, 0.1) is 18.4 Å². The minimum atomic E-state index is -4.59. The van der Waals surface area contributed by atoms with E-state index in [1.54, 1.807) is 0 Å². The maximum atomic E-state index is 12.5. The minimum Gasteiger partial charge on any atom is -0.453 e. The average molecular weight is 277 g/mol. The Morgan fingerprint density at radius 1 is 1.47 bits per heavy atom. The number of nitrogens with two attached hydrogens (primary N) is 1. The maximum absolute atomic E-state index is 12.5. The highest BCUT2D eigenvalue weighted by Gasteiger charge is 2.31. The topological polar surface area (TPSA) is 96.9 Å². The number of carbonyl (C=O) groups is 1. The van der Waals surface area contributed by atoms with Crippen molar-refractivity contribution in [3.63, 3.8) is 0 Å². The van der Waals surface area contributed by atoms with Crippen LogP contribution in [-0.4, -0.2) is 24.2 Å². The van der Waals surface area contributed by atoms with Crippen molar-refractivity contribution in [3.8, 4) is 0 Å². The molecule has 1 aromatic carbocycles. The Morgan fingerprint density at radius 3 is 2.58 bits per heavy atom. The van der Waals surface area contributed by atoms with Gasteiger partial charge in [0.1, 0.15) is 0 Å². The second-order valence-corrected chi connectivity index (χ2v) is 3.36. The largest absolute Gasteiger partial charge is 0.453 e. The molecule has 0 saturated heterocycles. The lowest BCUT2D eigenvalue weighted by molar-refractivity contribution is -0.137. The van der Waals surface area contributed by atoms with Gasteiger partial charge in [0.15, 0.2) is 5.84 Å². The maximum Gasteiger partial charge on any atom is 0.416 e. The fraction of sp³-hybridized carbons (Fsp3) is 0.200. The van der Waals surface area contributed by atoms with Crippen LogP contribution in [0.2, 0.25) is 0 Å². The molecule has 0 bridgehead atoms. The van der Waals surface area contributed by atoms with E-state index >= 15 is 0 Å². The number of amidine groups is 1. The van der Waals surface area contributed by atoms with Crippen molar-refractivity contribution >= 4 is 17.6 Å². The molecule has 4 N–H and O–H groups in total. The molecule has 0 saturated carbocycles. The molecule has 0 heterocycles. The van der Waals surface area contributed by atoms with Gasteiger partial charge in [0.2, 0.25) is 0 Å². The minimum absolute atomic E-state index is 0.0739. The van der Waals surface area contributed by atoms with Crippen molar-refractivity contribution in [2.75, 3.05) is 12.4 Å². The molecule has 6 nitrogen and oxygen atoms in total. The number of oxime groups is 1. The normalized spacial score (nSPS) is 12.1. The number of rotatable bonds is 2. The van der Waals surface area contributed by atoms with Crippen molar-refractivity contribution < 1.29 is 27.9 Å². The zero-order valence-corrected chi connectivity index (χ0v) is 9.65. The highest BCUT2D eigenvalue weighted by Crippen LogP contribution is 2.31. The van der Waals surface area contributed by atoms with Crippen molar-refractivity contribution in [2.45, 2.75) is 6.18 Å². The third kappa shape index (κ3) is 3.50. The summed E-state index contributed by atoms with van der Waals surface area (Å²) in [5.41, 5.74) is 3.92. The molecule has 0 fully saturated rings. The lowest BCUT2D eigenvalue weighted by Gasteiger charge is -2.13. The number of hydrogen-bond acceptors (Lipinski definition) is 4. The lowest BCUT2D eigenvalue weighted by Crippen LogP contribution is -2.20. The van der Waals surface area contributed by atoms with Crippen LogP contribution in [0.4, 0.5) is 23.7 Å². The third-order valence-corrected chi connectivity index (χ3v) is 2.15. The predicted molar refractivity (Wildman–Crippen MR) is 60.0 cm³/mol. The number of ether oxygens (including phenoxy) is 1. The lowest BCUT2D eigenvalue weighted by atomic mass is 10.1. The van der Waals surface area contributed by atoms with Gasteiger partial charge in [-0.15, -0.1) is 0 Å². The first kappa shape index (κ1) is 14.6. The first-order valence-electron chi connectivity index (χ1n) is 4.83. The molecule has 9 heteroatoms. The molecule has 0 aliphatic carbocycles. The molecule has 0 radical (unpaired) electrons. The summed E-state index contributed by atoms with van der Waals surface area (Å²) in [6, 6.07) is 2.38. The van der Waals surface area contributed by atoms with E-state index in [1.807, 2.05) is 0 Å². The smallest absolute Gasteiger partial charge is 0.416 e. The van der Waals surface area contributed by atoms with Crippen LogP contribution in [0.3, 0.4) is 0 Å². The van der Waals surface area contributed by atoms with Gasteiger partial charge in [0, 0.05) is 5.56 Å². The summed E-state index contributed by atoms with van der Waals surface area (Å²) in [5, 5.41) is 13.3. The molecule has 1 aromatic rings. The highest BCUT2D eigenvalue weighted by atomic mass is 19.4. The van der Waals surface area contributed by atoms with Crippen LogP contribution in [0.15, 0.2) is 23.4 Å². The Balaban J connectivity index is 3.29. The summed E-state index contributed by atoms with van der Waals surface area (Å²) in [7, 11) is 1.09.